The molecule has 6 rings (SSSR count). The van der Waals surface area contributed by atoms with E-state index in [-0.39, 0.29) is 17.2 Å². The molecule has 0 spiro atoms. The van der Waals surface area contributed by atoms with Crippen molar-refractivity contribution in [1.29, 1.82) is 0 Å². The summed E-state index contributed by atoms with van der Waals surface area (Å²) in [7, 11) is 0. The van der Waals surface area contributed by atoms with Crippen LogP contribution in [0.2, 0.25) is 0 Å². The second-order valence-corrected chi connectivity index (χ2v) is 11.0. The van der Waals surface area contributed by atoms with Crippen LogP contribution >= 0.6 is 11.3 Å². The van der Waals surface area contributed by atoms with Gasteiger partial charge in [-0.05, 0) is 69.1 Å². The fraction of sp³-hybridized carbons (Fsp3) is 0.783. The second kappa shape index (κ2) is 8.48. The Labute approximate surface area is 183 Å². The summed E-state index contributed by atoms with van der Waals surface area (Å²) in [5.74, 6) is 2.52. The van der Waals surface area contributed by atoms with Gasteiger partial charge < -0.3 is 15.5 Å². The van der Waals surface area contributed by atoms with Crippen molar-refractivity contribution >= 4 is 28.3 Å². The minimum atomic E-state index is -0.122. The highest BCUT2D eigenvalue weighted by Gasteiger charge is 2.54. The zero-order valence-electron chi connectivity index (χ0n) is 17.8. The Bertz CT molecular complexity index is 751. The largest absolute Gasteiger partial charge is 0.356 e. The third-order valence-corrected chi connectivity index (χ3v) is 8.73. The van der Waals surface area contributed by atoms with Crippen molar-refractivity contribution in [3.05, 3.63) is 11.1 Å². The molecule has 4 aliphatic carbocycles. The Kier molecular flexibility index (Phi) is 5.73. The smallest absolute Gasteiger partial charge is 0.226 e. The number of thiazole rings is 1. The topological polar surface area (TPSA) is 74.3 Å². The fourth-order valence-electron chi connectivity index (χ4n) is 6.75. The lowest BCUT2D eigenvalue weighted by Gasteiger charge is -2.55. The van der Waals surface area contributed by atoms with Crippen LogP contribution in [0.1, 0.15) is 63.5 Å². The lowest BCUT2D eigenvalue weighted by atomic mass is 9.49. The van der Waals surface area contributed by atoms with Crippen LogP contribution in [0, 0.1) is 23.2 Å². The third kappa shape index (κ3) is 4.23. The molecule has 1 aliphatic heterocycles. The van der Waals surface area contributed by atoms with Gasteiger partial charge in [-0.2, -0.15) is 0 Å². The third-order valence-electron chi connectivity index (χ3n) is 7.78. The molecule has 0 unspecified atom stereocenters. The Balaban J connectivity index is 1.01. The maximum atomic E-state index is 12.9. The normalized spacial score (nSPS) is 31.9. The monoisotopic (exact) mass is 430 g/mol. The number of carbonyl (C=O) groups excluding carboxylic acids is 2. The summed E-state index contributed by atoms with van der Waals surface area (Å²) in [6.45, 7) is 3.27. The lowest BCUT2D eigenvalue weighted by molar-refractivity contribution is -0.146. The zero-order valence-corrected chi connectivity index (χ0v) is 18.6. The molecule has 0 atom stereocenters. The summed E-state index contributed by atoms with van der Waals surface area (Å²) in [5, 5.41) is 9.29. The van der Waals surface area contributed by atoms with E-state index in [0.717, 1.165) is 67.4 Å². The molecule has 1 aromatic heterocycles. The van der Waals surface area contributed by atoms with Gasteiger partial charge in [-0.3, -0.25) is 9.59 Å². The summed E-state index contributed by atoms with van der Waals surface area (Å²) in [5.41, 5.74) is 0.931. The summed E-state index contributed by atoms with van der Waals surface area (Å²) < 4.78 is 0. The van der Waals surface area contributed by atoms with Gasteiger partial charge in [0.2, 0.25) is 11.8 Å². The predicted octanol–water partition coefficient (Wildman–Crippen LogP) is 3.12. The second-order valence-electron chi connectivity index (χ2n) is 10.1. The first-order chi connectivity index (χ1) is 14.6. The van der Waals surface area contributed by atoms with Crippen molar-refractivity contribution in [3.63, 3.8) is 0 Å². The average molecular weight is 431 g/mol. The highest BCUT2D eigenvalue weighted by atomic mass is 32.1. The summed E-state index contributed by atoms with van der Waals surface area (Å²) >= 11 is 1.70. The maximum absolute atomic E-state index is 12.9. The van der Waals surface area contributed by atoms with Crippen LogP contribution in [-0.4, -0.2) is 43.0 Å². The number of aromatic nitrogens is 1. The van der Waals surface area contributed by atoms with Gasteiger partial charge in [0.25, 0.3) is 0 Å². The van der Waals surface area contributed by atoms with E-state index in [1.54, 1.807) is 11.3 Å². The highest BCUT2D eigenvalue weighted by Crippen LogP contribution is 2.60. The van der Waals surface area contributed by atoms with Crippen LogP contribution in [0.5, 0.6) is 0 Å². The molecule has 0 aromatic carbocycles. The van der Waals surface area contributed by atoms with Crippen molar-refractivity contribution in [1.82, 2.24) is 15.6 Å². The molecule has 7 heteroatoms. The van der Waals surface area contributed by atoms with Gasteiger partial charge in [0.15, 0.2) is 5.13 Å². The van der Waals surface area contributed by atoms with E-state index in [1.165, 1.54) is 32.1 Å². The molecule has 2 N–H and O–H groups in total. The van der Waals surface area contributed by atoms with Crippen LogP contribution in [-0.2, 0) is 16.0 Å². The van der Waals surface area contributed by atoms with Gasteiger partial charge in [-0.1, -0.05) is 0 Å². The molecule has 2 heterocycles. The van der Waals surface area contributed by atoms with Crippen LogP contribution in [0.15, 0.2) is 5.38 Å². The maximum Gasteiger partial charge on any atom is 0.226 e. The first kappa shape index (κ1) is 20.3. The standard InChI is InChI=1S/C23H34N4O2S/c28-20(24-5-3-19-15-30-22(26-19)27-7-1-2-8-27)4-6-25-21(29)23-12-16-9-17(13-23)11-18(10-16)14-23/h15-18H,1-14H2,(H,24,28)(H,25,29). The molecule has 0 radical (unpaired) electrons. The van der Waals surface area contributed by atoms with E-state index in [1.807, 2.05) is 0 Å². The van der Waals surface area contributed by atoms with Gasteiger partial charge in [-0.15, -0.1) is 11.3 Å². The fourth-order valence-corrected chi connectivity index (χ4v) is 7.66. The van der Waals surface area contributed by atoms with Crippen molar-refractivity contribution in [2.24, 2.45) is 23.2 Å². The number of carbonyl (C=O) groups is 2. The minimum Gasteiger partial charge on any atom is -0.356 e. The summed E-state index contributed by atoms with van der Waals surface area (Å²) in [6.07, 6.45) is 10.9. The number of hydrogen-bond acceptors (Lipinski definition) is 5. The number of amides is 2. The van der Waals surface area contributed by atoms with Gasteiger partial charge in [0.05, 0.1) is 5.69 Å². The van der Waals surface area contributed by atoms with Crippen LogP contribution in [0.4, 0.5) is 5.13 Å². The number of nitrogens with zero attached hydrogens (tertiary/aromatic N) is 2. The van der Waals surface area contributed by atoms with Gasteiger partial charge in [-0.25, -0.2) is 4.98 Å². The van der Waals surface area contributed by atoms with Gasteiger partial charge in [0.1, 0.15) is 0 Å². The van der Waals surface area contributed by atoms with E-state index < -0.39 is 0 Å². The molecule has 6 nitrogen and oxygen atoms in total. The summed E-state index contributed by atoms with van der Waals surface area (Å²) in [4.78, 5) is 32.2. The molecule has 5 fully saturated rings. The van der Waals surface area contributed by atoms with E-state index in [0.29, 0.717) is 19.5 Å². The molecule has 30 heavy (non-hydrogen) atoms. The highest BCUT2D eigenvalue weighted by molar-refractivity contribution is 7.13. The van der Waals surface area contributed by atoms with Crippen LogP contribution < -0.4 is 15.5 Å². The Morgan fingerprint density at radius 1 is 1.03 bits per heavy atom. The molecule has 1 saturated heterocycles. The van der Waals surface area contributed by atoms with E-state index in [2.05, 4.69) is 20.9 Å². The Hall–Kier alpha value is -1.63. The molecule has 4 bridgehead atoms. The Morgan fingerprint density at radius 2 is 1.70 bits per heavy atom. The Morgan fingerprint density at radius 3 is 2.37 bits per heavy atom. The van der Waals surface area contributed by atoms with Gasteiger partial charge >= 0.3 is 0 Å². The van der Waals surface area contributed by atoms with Crippen molar-refractivity contribution < 1.29 is 9.59 Å². The number of hydrogen-bond donors (Lipinski definition) is 2. The van der Waals surface area contributed by atoms with Crippen LogP contribution in [0.3, 0.4) is 0 Å². The van der Waals surface area contributed by atoms with Crippen molar-refractivity contribution in [3.8, 4) is 0 Å². The molecule has 164 valence electrons. The number of nitrogens with one attached hydrogen (secondary N) is 2. The van der Waals surface area contributed by atoms with Gasteiger partial charge in [0, 0.05) is 49.8 Å². The first-order valence-electron chi connectivity index (χ1n) is 11.8. The number of rotatable bonds is 8. The molecular formula is C23H34N4O2S. The summed E-state index contributed by atoms with van der Waals surface area (Å²) in [6, 6.07) is 0. The molecular weight excluding hydrogens is 396 g/mol. The zero-order chi connectivity index (χ0) is 20.6. The molecule has 2 amide bonds. The van der Waals surface area contributed by atoms with E-state index >= 15 is 0 Å². The molecule has 5 aliphatic rings. The van der Waals surface area contributed by atoms with E-state index in [4.69, 9.17) is 4.98 Å². The lowest BCUT2D eigenvalue weighted by Crippen LogP contribution is -2.53. The SMILES string of the molecule is O=C(CCNC(=O)C12CC3CC(CC(C3)C1)C2)NCCc1csc(N2CCCC2)n1. The minimum absolute atomic E-state index is 0.0100. The average Bonchev–Trinajstić information content (AvgIpc) is 3.38. The first-order valence-corrected chi connectivity index (χ1v) is 12.7. The van der Waals surface area contributed by atoms with Crippen LogP contribution in [0.25, 0.3) is 0 Å². The predicted molar refractivity (Wildman–Crippen MR) is 119 cm³/mol. The molecule has 4 saturated carbocycles. The number of anilines is 1. The van der Waals surface area contributed by atoms with Crippen molar-refractivity contribution in [2.75, 3.05) is 31.1 Å². The quantitative estimate of drug-likeness (QED) is 0.665. The molecule has 1 aromatic rings. The van der Waals surface area contributed by atoms with E-state index in [9.17, 15) is 9.59 Å². The van der Waals surface area contributed by atoms with Crippen molar-refractivity contribution in [2.45, 2.75) is 64.2 Å².